The molecule has 1 fully saturated rings. The Kier molecular flexibility index (Phi) is 3.46. The molecule has 0 radical (unpaired) electrons. The number of nitrogens with zero attached hydrogens (tertiary/aromatic N) is 2. The molecule has 100 valence electrons. The molecule has 1 aliphatic heterocycles. The molecule has 1 saturated heterocycles. The first-order chi connectivity index (χ1) is 9.33. The van der Waals surface area contributed by atoms with Crippen LogP contribution >= 0.6 is 0 Å². The van der Waals surface area contributed by atoms with E-state index in [-0.39, 0.29) is 5.91 Å². The van der Waals surface area contributed by atoms with Gasteiger partial charge in [-0.05, 0) is 38.1 Å². The van der Waals surface area contributed by atoms with Crippen LogP contribution in [-0.2, 0) is 0 Å². The van der Waals surface area contributed by atoms with Crippen molar-refractivity contribution < 1.29 is 4.79 Å². The molecule has 0 bridgehead atoms. The lowest BCUT2D eigenvalue weighted by Gasteiger charge is -2.14. The normalized spacial score (nSPS) is 16.0. The summed E-state index contributed by atoms with van der Waals surface area (Å²) in [5.41, 5.74) is 1.57. The molecule has 5 heteroatoms. The van der Waals surface area contributed by atoms with E-state index in [2.05, 4.69) is 20.4 Å². The van der Waals surface area contributed by atoms with Gasteiger partial charge in [-0.1, -0.05) is 6.07 Å². The van der Waals surface area contributed by atoms with Gasteiger partial charge in [0, 0.05) is 24.0 Å². The van der Waals surface area contributed by atoms with E-state index in [9.17, 15) is 4.79 Å². The zero-order valence-electron chi connectivity index (χ0n) is 10.9. The van der Waals surface area contributed by atoms with Crippen LogP contribution in [0.1, 0.15) is 23.2 Å². The van der Waals surface area contributed by atoms with Crippen molar-refractivity contribution in [2.24, 2.45) is 0 Å². The SMILES string of the molecule is O=C(NCCN1CCCC1)c1ccc2cn[nH]c2c1. The summed E-state index contributed by atoms with van der Waals surface area (Å²) < 4.78 is 0. The molecular formula is C14H18N4O. The van der Waals surface area contributed by atoms with Crippen LogP contribution in [0.15, 0.2) is 24.4 Å². The molecule has 0 saturated carbocycles. The largest absolute Gasteiger partial charge is 0.351 e. The number of aromatic nitrogens is 2. The van der Waals surface area contributed by atoms with E-state index >= 15 is 0 Å². The topological polar surface area (TPSA) is 61.0 Å². The first-order valence-electron chi connectivity index (χ1n) is 6.76. The van der Waals surface area contributed by atoms with Gasteiger partial charge in [0.05, 0.1) is 11.7 Å². The third-order valence-electron chi connectivity index (χ3n) is 3.62. The minimum absolute atomic E-state index is 0.0179. The van der Waals surface area contributed by atoms with E-state index in [0.717, 1.165) is 30.5 Å². The maximum absolute atomic E-state index is 12.0. The summed E-state index contributed by atoms with van der Waals surface area (Å²) >= 11 is 0. The average Bonchev–Trinajstić information content (AvgIpc) is 3.08. The number of amides is 1. The fraction of sp³-hybridized carbons (Fsp3) is 0.429. The van der Waals surface area contributed by atoms with Crippen molar-refractivity contribution in [3.05, 3.63) is 30.0 Å². The van der Waals surface area contributed by atoms with Crippen molar-refractivity contribution in [2.75, 3.05) is 26.2 Å². The first-order valence-corrected chi connectivity index (χ1v) is 6.76. The van der Waals surface area contributed by atoms with E-state index < -0.39 is 0 Å². The van der Waals surface area contributed by atoms with E-state index in [1.807, 2.05) is 18.2 Å². The van der Waals surface area contributed by atoms with Gasteiger partial charge in [0.15, 0.2) is 0 Å². The quantitative estimate of drug-likeness (QED) is 0.871. The lowest BCUT2D eigenvalue weighted by molar-refractivity contribution is 0.0950. The van der Waals surface area contributed by atoms with Crippen LogP contribution in [-0.4, -0.2) is 47.2 Å². The number of rotatable bonds is 4. The maximum atomic E-state index is 12.0. The van der Waals surface area contributed by atoms with Gasteiger partial charge in [-0.15, -0.1) is 0 Å². The van der Waals surface area contributed by atoms with Gasteiger partial charge in [0.2, 0.25) is 0 Å². The predicted molar refractivity (Wildman–Crippen MR) is 74.1 cm³/mol. The van der Waals surface area contributed by atoms with Gasteiger partial charge in [-0.3, -0.25) is 9.89 Å². The molecule has 2 heterocycles. The number of carbonyl (C=O) groups is 1. The van der Waals surface area contributed by atoms with E-state index in [0.29, 0.717) is 12.1 Å². The van der Waals surface area contributed by atoms with Crippen LogP contribution < -0.4 is 5.32 Å². The van der Waals surface area contributed by atoms with Gasteiger partial charge >= 0.3 is 0 Å². The van der Waals surface area contributed by atoms with Crippen molar-refractivity contribution in [1.29, 1.82) is 0 Å². The lowest BCUT2D eigenvalue weighted by Crippen LogP contribution is -2.33. The summed E-state index contributed by atoms with van der Waals surface area (Å²) in [6.45, 7) is 3.98. The van der Waals surface area contributed by atoms with E-state index in [1.165, 1.54) is 12.8 Å². The molecule has 2 N–H and O–H groups in total. The van der Waals surface area contributed by atoms with Crippen LogP contribution in [0.2, 0.25) is 0 Å². The number of benzene rings is 1. The second-order valence-electron chi connectivity index (χ2n) is 4.98. The molecule has 0 atom stereocenters. The maximum Gasteiger partial charge on any atom is 0.251 e. The standard InChI is InChI=1S/C14H18N4O/c19-14(15-5-8-18-6-1-2-7-18)11-3-4-12-10-16-17-13(12)9-11/h3-4,9-10H,1-2,5-8H2,(H,15,19)(H,16,17). The van der Waals surface area contributed by atoms with Gasteiger partial charge in [0.1, 0.15) is 0 Å². The van der Waals surface area contributed by atoms with Crippen molar-refractivity contribution in [3.63, 3.8) is 0 Å². The number of hydrogen-bond acceptors (Lipinski definition) is 3. The fourth-order valence-corrected chi connectivity index (χ4v) is 2.51. The Hall–Kier alpha value is -1.88. The molecular weight excluding hydrogens is 240 g/mol. The number of fused-ring (bicyclic) bond motifs is 1. The Balaban J connectivity index is 1.56. The summed E-state index contributed by atoms with van der Waals surface area (Å²) in [5.74, 6) is -0.0179. The van der Waals surface area contributed by atoms with Crippen LogP contribution in [0.25, 0.3) is 10.9 Å². The average molecular weight is 258 g/mol. The van der Waals surface area contributed by atoms with Crippen LogP contribution in [0.3, 0.4) is 0 Å². The minimum atomic E-state index is -0.0179. The number of nitrogens with one attached hydrogen (secondary N) is 2. The van der Waals surface area contributed by atoms with Gasteiger partial charge in [-0.25, -0.2) is 0 Å². The smallest absolute Gasteiger partial charge is 0.251 e. The van der Waals surface area contributed by atoms with Gasteiger partial charge < -0.3 is 10.2 Å². The Morgan fingerprint density at radius 3 is 3.05 bits per heavy atom. The van der Waals surface area contributed by atoms with Crippen LogP contribution in [0, 0.1) is 0 Å². The van der Waals surface area contributed by atoms with Gasteiger partial charge in [0.25, 0.3) is 5.91 Å². The fourth-order valence-electron chi connectivity index (χ4n) is 2.51. The Morgan fingerprint density at radius 1 is 1.37 bits per heavy atom. The highest BCUT2D eigenvalue weighted by Gasteiger charge is 2.12. The summed E-state index contributed by atoms with van der Waals surface area (Å²) in [7, 11) is 0. The van der Waals surface area contributed by atoms with E-state index in [1.54, 1.807) is 6.20 Å². The highest BCUT2D eigenvalue weighted by molar-refractivity contribution is 5.97. The molecule has 0 spiro atoms. The van der Waals surface area contributed by atoms with Crippen molar-refractivity contribution >= 4 is 16.8 Å². The van der Waals surface area contributed by atoms with Crippen LogP contribution in [0.4, 0.5) is 0 Å². The second-order valence-corrected chi connectivity index (χ2v) is 4.98. The van der Waals surface area contributed by atoms with Crippen molar-refractivity contribution in [3.8, 4) is 0 Å². The molecule has 1 amide bonds. The molecule has 2 aromatic rings. The molecule has 1 aromatic carbocycles. The van der Waals surface area contributed by atoms with E-state index in [4.69, 9.17) is 0 Å². The third-order valence-corrected chi connectivity index (χ3v) is 3.62. The third kappa shape index (κ3) is 2.76. The zero-order chi connectivity index (χ0) is 13.1. The lowest BCUT2D eigenvalue weighted by atomic mass is 10.1. The molecule has 0 unspecified atom stereocenters. The second kappa shape index (κ2) is 5.40. The van der Waals surface area contributed by atoms with Gasteiger partial charge in [-0.2, -0.15) is 5.10 Å². The summed E-state index contributed by atoms with van der Waals surface area (Å²) in [6, 6.07) is 5.59. The zero-order valence-corrected chi connectivity index (χ0v) is 10.9. The molecule has 5 nitrogen and oxygen atoms in total. The van der Waals surface area contributed by atoms with Crippen LogP contribution in [0.5, 0.6) is 0 Å². The number of aromatic amines is 1. The van der Waals surface area contributed by atoms with Crippen molar-refractivity contribution in [1.82, 2.24) is 20.4 Å². The highest BCUT2D eigenvalue weighted by Crippen LogP contribution is 2.12. The highest BCUT2D eigenvalue weighted by atomic mass is 16.1. The first kappa shape index (κ1) is 12.2. The molecule has 1 aromatic heterocycles. The molecule has 19 heavy (non-hydrogen) atoms. The molecule has 0 aliphatic carbocycles. The Labute approximate surface area is 112 Å². The summed E-state index contributed by atoms with van der Waals surface area (Å²) in [4.78, 5) is 14.4. The number of likely N-dealkylation sites (tertiary alicyclic amines) is 1. The molecule has 1 aliphatic rings. The number of carbonyl (C=O) groups excluding carboxylic acids is 1. The monoisotopic (exact) mass is 258 g/mol. The summed E-state index contributed by atoms with van der Waals surface area (Å²) in [5, 5.41) is 10.8. The minimum Gasteiger partial charge on any atom is -0.351 e. The Bertz CT molecular complexity index is 572. The summed E-state index contributed by atoms with van der Waals surface area (Å²) in [6.07, 6.45) is 4.32. The predicted octanol–water partition coefficient (Wildman–Crippen LogP) is 1.39. The number of H-pyrrole nitrogens is 1. The Morgan fingerprint density at radius 2 is 2.21 bits per heavy atom. The number of hydrogen-bond donors (Lipinski definition) is 2. The molecule has 3 rings (SSSR count). The van der Waals surface area contributed by atoms with Crippen molar-refractivity contribution in [2.45, 2.75) is 12.8 Å².